The molecular formula is C10H11NS2. The van der Waals surface area contributed by atoms with E-state index in [1.54, 1.807) is 11.3 Å². The van der Waals surface area contributed by atoms with Crippen LogP contribution in [0.2, 0.25) is 0 Å². The molecule has 0 aliphatic heterocycles. The van der Waals surface area contributed by atoms with Crippen molar-refractivity contribution in [1.29, 1.82) is 0 Å². The molecular weight excluding hydrogens is 198 g/mol. The molecule has 1 aromatic carbocycles. The molecule has 0 atom stereocenters. The Bertz CT molecular complexity index is 431. The fraction of sp³-hybridized carbons (Fsp3) is 0.300. The Labute approximate surface area is 87.2 Å². The van der Waals surface area contributed by atoms with Crippen LogP contribution in [0, 0.1) is 0 Å². The van der Waals surface area contributed by atoms with Gasteiger partial charge in [0.15, 0.2) is 0 Å². The van der Waals surface area contributed by atoms with Crippen LogP contribution in [-0.2, 0) is 0 Å². The van der Waals surface area contributed by atoms with E-state index < -0.39 is 0 Å². The van der Waals surface area contributed by atoms with Gasteiger partial charge in [-0.25, -0.2) is 4.98 Å². The van der Waals surface area contributed by atoms with Crippen molar-refractivity contribution in [2.45, 2.75) is 24.7 Å². The van der Waals surface area contributed by atoms with Crippen LogP contribution in [0.15, 0.2) is 22.5 Å². The predicted molar refractivity (Wildman–Crippen MR) is 61.0 cm³/mol. The second-order valence-corrected chi connectivity index (χ2v) is 4.75. The monoisotopic (exact) mass is 209 g/mol. The van der Waals surface area contributed by atoms with Gasteiger partial charge in [0.25, 0.3) is 0 Å². The smallest absolute Gasteiger partial charge is 0.0815 e. The summed E-state index contributed by atoms with van der Waals surface area (Å²) >= 11 is 6.13. The zero-order valence-corrected chi connectivity index (χ0v) is 9.32. The van der Waals surface area contributed by atoms with Crippen molar-refractivity contribution < 1.29 is 0 Å². The zero-order chi connectivity index (χ0) is 9.42. The Balaban J connectivity index is 2.69. The van der Waals surface area contributed by atoms with E-state index in [-0.39, 0.29) is 0 Å². The maximum atomic E-state index is 4.47. The molecule has 0 radical (unpaired) electrons. The fourth-order valence-electron chi connectivity index (χ4n) is 1.37. The van der Waals surface area contributed by atoms with E-state index in [9.17, 15) is 0 Å². The molecule has 0 fully saturated rings. The molecule has 0 N–H and O–H groups in total. The maximum Gasteiger partial charge on any atom is 0.0815 e. The van der Waals surface area contributed by atoms with Gasteiger partial charge in [0.1, 0.15) is 0 Å². The SMILES string of the molecule is CC(C)c1cc2ncsc2cc1S. The van der Waals surface area contributed by atoms with Crippen molar-refractivity contribution in [2.24, 2.45) is 0 Å². The zero-order valence-electron chi connectivity index (χ0n) is 7.61. The molecule has 0 spiro atoms. The molecule has 1 heterocycles. The van der Waals surface area contributed by atoms with Gasteiger partial charge in [0, 0.05) is 4.90 Å². The summed E-state index contributed by atoms with van der Waals surface area (Å²) in [5.41, 5.74) is 4.25. The van der Waals surface area contributed by atoms with Crippen molar-refractivity contribution in [2.75, 3.05) is 0 Å². The molecule has 0 aliphatic carbocycles. The van der Waals surface area contributed by atoms with Crippen LogP contribution < -0.4 is 0 Å². The molecule has 0 aliphatic rings. The van der Waals surface area contributed by atoms with Gasteiger partial charge in [-0.2, -0.15) is 0 Å². The number of nitrogens with zero attached hydrogens (tertiary/aromatic N) is 1. The molecule has 2 rings (SSSR count). The van der Waals surface area contributed by atoms with Crippen LogP contribution in [0.5, 0.6) is 0 Å². The number of aromatic nitrogens is 1. The average molecular weight is 209 g/mol. The van der Waals surface area contributed by atoms with Gasteiger partial charge in [-0.15, -0.1) is 24.0 Å². The van der Waals surface area contributed by atoms with E-state index in [2.05, 4.69) is 43.6 Å². The van der Waals surface area contributed by atoms with Crippen LogP contribution >= 0.6 is 24.0 Å². The van der Waals surface area contributed by atoms with E-state index in [4.69, 9.17) is 0 Å². The molecule has 1 aromatic heterocycles. The van der Waals surface area contributed by atoms with E-state index in [1.807, 2.05) is 5.51 Å². The first kappa shape index (κ1) is 9.03. The standard InChI is InChI=1S/C10H11NS2/c1-6(2)7-3-8-10(4-9(7)12)13-5-11-8/h3-6,12H,1-2H3. The van der Waals surface area contributed by atoms with E-state index in [0.29, 0.717) is 5.92 Å². The third-order valence-corrected chi connectivity index (χ3v) is 3.28. The van der Waals surface area contributed by atoms with Crippen molar-refractivity contribution in [3.8, 4) is 0 Å². The normalized spacial score (nSPS) is 11.4. The lowest BCUT2D eigenvalue weighted by atomic mass is 10.0. The number of thiol groups is 1. The first-order valence-electron chi connectivity index (χ1n) is 4.24. The van der Waals surface area contributed by atoms with Crippen LogP contribution in [-0.4, -0.2) is 4.98 Å². The Morgan fingerprint density at radius 3 is 2.85 bits per heavy atom. The molecule has 0 bridgehead atoms. The summed E-state index contributed by atoms with van der Waals surface area (Å²) in [6.07, 6.45) is 0. The number of rotatable bonds is 1. The van der Waals surface area contributed by atoms with Gasteiger partial charge in [0.05, 0.1) is 15.7 Å². The van der Waals surface area contributed by atoms with Gasteiger partial charge in [-0.3, -0.25) is 0 Å². The average Bonchev–Trinajstić information content (AvgIpc) is 2.48. The molecule has 0 saturated carbocycles. The van der Waals surface area contributed by atoms with Crippen LogP contribution in [0.4, 0.5) is 0 Å². The summed E-state index contributed by atoms with van der Waals surface area (Å²) in [6.45, 7) is 4.35. The van der Waals surface area contributed by atoms with Crippen LogP contribution in [0.3, 0.4) is 0 Å². The molecule has 3 heteroatoms. The van der Waals surface area contributed by atoms with E-state index >= 15 is 0 Å². The number of hydrogen-bond donors (Lipinski definition) is 1. The van der Waals surface area contributed by atoms with Gasteiger partial charge < -0.3 is 0 Å². The summed E-state index contributed by atoms with van der Waals surface area (Å²) in [5.74, 6) is 0.513. The van der Waals surface area contributed by atoms with Gasteiger partial charge >= 0.3 is 0 Å². The van der Waals surface area contributed by atoms with E-state index in [0.717, 1.165) is 10.4 Å². The lowest BCUT2D eigenvalue weighted by molar-refractivity contribution is 0.845. The highest BCUT2D eigenvalue weighted by Gasteiger charge is 2.06. The second kappa shape index (κ2) is 3.31. The molecule has 1 nitrogen and oxygen atoms in total. The van der Waals surface area contributed by atoms with E-state index in [1.165, 1.54) is 10.3 Å². The third-order valence-electron chi connectivity index (χ3n) is 2.10. The summed E-state index contributed by atoms with van der Waals surface area (Å²) in [7, 11) is 0. The van der Waals surface area contributed by atoms with Crippen LogP contribution in [0.25, 0.3) is 10.2 Å². The molecule has 13 heavy (non-hydrogen) atoms. The van der Waals surface area contributed by atoms with Crippen molar-refractivity contribution in [1.82, 2.24) is 4.98 Å². The molecule has 2 aromatic rings. The lowest BCUT2D eigenvalue weighted by Crippen LogP contribution is -1.88. The Morgan fingerprint density at radius 1 is 1.38 bits per heavy atom. The maximum absolute atomic E-state index is 4.47. The Morgan fingerprint density at radius 2 is 2.15 bits per heavy atom. The predicted octanol–water partition coefficient (Wildman–Crippen LogP) is 3.71. The lowest BCUT2D eigenvalue weighted by Gasteiger charge is -2.07. The number of benzene rings is 1. The highest BCUT2D eigenvalue weighted by atomic mass is 32.1. The van der Waals surface area contributed by atoms with Crippen molar-refractivity contribution >= 4 is 34.2 Å². The Hall–Kier alpha value is -0.540. The Kier molecular flexibility index (Phi) is 2.30. The molecule has 68 valence electrons. The van der Waals surface area contributed by atoms with Crippen molar-refractivity contribution in [3.05, 3.63) is 23.2 Å². The summed E-state index contributed by atoms with van der Waals surface area (Å²) in [6, 6.07) is 4.24. The number of hydrogen-bond acceptors (Lipinski definition) is 3. The largest absolute Gasteiger partial charge is 0.245 e. The number of fused-ring (bicyclic) bond motifs is 1. The first-order valence-corrected chi connectivity index (χ1v) is 5.57. The van der Waals surface area contributed by atoms with Gasteiger partial charge in [-0.1, -0.05) is 13.8 Å². The van der Waals surface area contributed by atoms with Crippen LogP contribution in [0.1, 0.15) is 25.3 Å². The quantitative estimate of drug-likeness (QED) is 0.706. The highest BCUT2D eigenvalue weighted by molar-refractivity contribution is 7.80. The van der Waals surface area contributed by atoms with Crippen molar-refractivity contribution in [3.63, 3.8) is 0 Å². The number of thiazole rings is 1. The summed E-state index contributed by atoms with van der Waals surface area (Å²) < 4.78 is 1.22. The summed E-state index contributed by atoms with van der Waals surface area (Å²) in [4.78, 5) is 5.36. The molecule has 0 saturated heterocycles. The van der Waals surface area contributed by atoms with Gasteiger partial charge in [0.2, 0.25) is 0 Å². The molecule has 0 unspecified atom stereocenters. The first-order chi connectivity index (χ1) is 6.18. The van der Waals surface area contributed by atoms with Gasteiger partial charge in [-0.05, 0) is 23.6 Å². The minimum Gasteiger partial charge on any atom is -0.245 e. The fourth-order valence-corrected chi connectivity index (χ4v) is 2.61. The minimum atomic E-state index is 0.513. The topological polar surface area (TPSA) is 12.9 Å². The highest BCUT2D eigenvalue weighted by Crippen LogP contribution is 2.29. The minimum absolute atomic E-state index is 0.513. The molecule has 0 amide bonds. The second-order valence-electron chi connectivity index (χ2n) is 3.39. The summed E-state index contributed by atoms with van der Waals surface area (Å²) in [5, 5.41) is 0. The third kappa shape index (κ3) is 1.58.